The van der Waals surface area contributed by atoms with Crippen LogP contribution in [0.15, 0.2) is 121 Å². The number of amides is 2. The van der Waals surface area contributed by atoms with Crippen LogP contribution in [0.5, 0.6) is 0 Å². The number of benzene rings is 4. The first-order valence-corrected chi connectivity index (χ1v) is 11.0. The van der Waals surface area contributed by atoms with E-state index in [0.717, 1.165) is 16.7 Å². The van der Waals surface area contributed by atoms with E-state index in [2.05, 4.69) is 5.32 Å². The molecule has 4 heteroatoms. The zero-order valence-electron chi connectivity index (χ0n) is 18.0. The van der Waals surface area contributed by atoms with Gasteiger partial charge in [0.15, 0.2) is 0 Å². The molecule has 162 valence electrons. The second-order valence-corrected chi connectivity index (χ2v) is 8.38. The molecule has 0 bridgehead atoms. The van der Waals surface area contributed by atoms with Crippen LogP contribution in [0.25, 0.3) is 0 Å². The molecule has 0 aromatic heterocycles. The lowest BCUT2D eigenvalue weighted by Gasteiger charge is -2.25. The lowest BCUT2D eigenvalue weighted by atomic mass is 9.81. The average Bonchev–Trinajstić information content (AvgIpc) is 3.51. The largest absolute Gasteiger partial charge is 0.368 e. The van der Waals surface area contributed by atoms with Crippen LogP contribution in [-0.4, -0.2) is 17.4 Å². The lowest BCUT2D eigenvalue weighted by molar-refractivity contribution is -0.121. The van der Waals surface area contributed by atoms with Crippen LogP contribution < -0.4 is 11.1 Å². The molecule has 1 saturated carbocycles. The SMILES string of the molecule is NC(=O)[C@@]1(NC(=O)c2ccccc2)[C@H](c2ccccc2)C1(c1ccccc1)c1ccccc1. The number of hydrogen-bond donors (Lipinski definition) is 2. The Morgan fingerprint density at radius 2 is 1.06 bits per heavy atom. The number of carbonyl (C=O) groups is 2. The van der Waals surface area contributed by atoms with Crippen molar-refractivity contribution in [3.05, 3.63) is 144 Å². The highest BCUT2D eigenvalue weighted by Gasteiger charge is 2.82. The molecule has 2 amide bonds. The van der Waals surface area contributed by atoms with Crippen molar-refractivity contribution in [2.45, 2.75) is 16.9 Å². The van der Waals surface area contributed by atoms with Crippen LogP contribution in [0, 0.1) is 0 Å². The highest BCUT2D eigenvalue weighted by Crippen LogP contribution is 2.71. The molecule has 0 spiro atoms. The molecular weight excluding hydrogens is 408 g/mol. The van der Waals surface area contributed by atoms with Gasteiger partial charge in [-0.1, -0.05) is 109 Å². The summed E-state index contributed by atoms with van der Waals surface area (Å²) >= 11 is 0. The molecular formula is C29H24N2O2. The molecule has 4 aromatic rings. The predicted molar refractivity (Wildman–Crippen MR) is 129 cm³/mol. The predicted octanol–water partition coefficient (Wildman–Crippen LogP) is 4.42. The molecule has 0 radical (unpaired) electrons. The van der Waals surface area contributed by atoms with Crippen LogP contribution in [0.1, 0.15) is 33.0 Å². The normalized spacial score (nSPS) is 20.5. The van der Waals surface area contributed by atoms with E-state index in [4.69, 9.17) is 5.73 Å². The molecule has 5 rings (SSSR count). The van der Waals surface area contributed by atoms with Crippen molar-refractivity contribution in [2.75, 3.05) is 0 Å². The monoisotopic (exact) mass is 432 g/mol. The number of hydrogen-bond acceptors (Lipinski definition) is 2. The second-order valence-electron chi connectivity index (χ2n) is 8.38. The van der Waals surface area contributed by atoms with Gasteiger partial charge in [-0.15, -0.1) is 0 Å². The number of rotatable bonds is 6. The van der Waals surface area contributed by atoms with Gasteiger partial charge < -0.3 is 11.1 Å². The Balaban J connectivity index is 1.77. The molecule has 1 aliphatic carbocycles. The van der Waals surface area contributed by atoms with E-state index in [9.17, 15) is 9.59 Å². The van der Waals surface area contributed by atoms with E-state index in [1.54, 1.807) is 24.3 Å². The third kappa shape index (κ3) is 3.06. The Kier molecular flexibility index (Phi) is 5.06. The maximum Gasteiger partial charge on any atom is 0.252 e. The summed E-state index contributed by atoms with van der Waals surface area (Å²) in [7, 11) is 0. The van der Waals surface area contributed by atoms with Crippen molar-refractivity contribution in [3.63, 3.8) is 0 Å². The fourth-order valence-electron chi connectivity index (χ4n) is 5.39. The molecule has 1 fully saturated rings. The molecule has 0 saturated heterocycles. The second kappa shape index (κ2) is 8.06. The molecule has 3 N–H and O–H groups in total. The van der Waals surface area contributed by atoms with Crippen molar-refractivity contribution < 1.29 is 9.59 Å². The summed E-state index contributed by atoms with van der Waals surface area (Å²) in [6.07, 6.45) is 0. The summed E-state index contributed by atoms with van der Waals surface area (Å²) in [4.78, 5) is 26.8. The van der Waals surface area contributed by atoms with E-state index in [-0.39, 0.29) is 11.8 Å². The minimum absolute atomic E-state index is 0.330. The van der Waals surface area contributed by atoms with Gasteiger partial charge in [-0.2, -0.15) is 0 Å². The molecule has 0 aliphatic heterocycles. The molecule has 0 heterocycles. The van der Waals surface area contributed by atoms with Crippen molar-refractivity contribution in [3.8, 4) is 0 Å². The van der Waals surface area contributed by atoms with Gasteiger partial charge in [-0.25, -0.2) is 0 Å². The van der Waals surface area contributed by atoms with Crippen molar-refractivity contribution in [2.24, 2.45) is 5.73 Å². The Hall–Kier alpha value is -4.18. The van der Waals surface area contributed by atoms with Crippen LogP contribution in [0.2, 0.25) is 0 Å². The number of nitrogens with two attached hydrogens (primary N) is 1. The average molecular weight is 433 g/mol. The smallest absolute Gasteiger partial charge is 0.252 e. The number of primary amides is 1. The summed E-state index contributed by atoms with van der Waals surface area (Å²) in [5.41, 5.74) is 7.26. The maximum absolute atomic E-state index is 13.4. The van der Waals surface area contributed by atoms with Crippen LogP contribution in [-0.2, 0) is 10.2 Å². The van der Waals surface area contributed by atoms with E-state index < -0.39 is 16.9 Å². The van der Waals surface area contributed by atoms with Gasteiger partial charge in [-0.3, -0.25) is 9.59 Å². The minimum atomic E-state index is -1.34. The fourth-order valence-corrected chi connectivity index (χ4v) is 5.39. The van der Waals surface area contributed by atoms with Gasteiger partial charge in [0.05, 0.1) is 5.41 Å². The van der Waals surface area contributed by atoms with E-state index in [1.807, 2.05) is 97.1 Å². The first kappa shape index (κ1) is 20.7. The quantitative estimate of drug-likeness (QED) is 0.473. The summed E-state index contributed by atoms with van der Waals surface area (Å²) < 4.78 is 0. The molecule has 4 aromatic carbocycles. The van der Waals surface area contributed by atoms with E-state index in [1.165, 1.54) is 0 Å². The van der Waals surface area contributed by atoms with Crippen molar-refractivity contribution in [1.82, 2.24) is 5.32 Å². The summed E-state index contributed by atoms with van der Waals surface area (Å²) in [6.45, 7) is 0. The lowest BCUT2D eigenvalue weighted by Crippen LogP contribution is -2.52. The molecule has 0 unspecified atom stereocenters. The summed E-state index contributed by atoms with van der Waals surface area (Å²) in [5.74, 6) is -1.27. The Morgan fingerprint density at radius 1 is 0.636 bits per heavy atom. The Labute approximate surface area is 193 Å². The Bertz CT molecular complexity index is 1240. The first-order valence-electron chi connectivity index (χ1n) is 11.0. The van der Waals surface area contributed by atoms with Crippen LogP contribution in [0.3, 0.4) is 0 Å². The van der Waals surface area contributed by atoms with Crippen molar-refractivity contribution >= 4 is 11.8 Å². The topological polar surface area (TPSA) is 72.2 Å². The zero-order valence-corrected chi connectivity index (χ0v) is 18.0. The van der Waals surface area contributed by atoms with Gasteiger partial charge in [0.25, 0.3) is 5.91 Å². The Morgan fingerprint density at radius 3 is 1.52 bits per heavy atom. The first-order chi connectivity index (χ1) is 16.1. The van der Waals surface area contributed by atoms with Gasteiger partial charge >= 0.3 is 0 Å². The fraction of sp³-hybridized carbons (Fsp3) is 0.103. The van der Waals surface area contributed by atoms with Crippen LogP contribution >= 0.6 is 0 Å². The van der Waals surface area contributed by atoms with Gasteiger partial charge in [0, 0.05) is 11.5 Å². The highest BCUT2D eigenvalue weighted by atomic mass is 16.2. The third-order valence-corrected chi connectivity index (χ3v) is 6.73. The van der Waals surface area contributed by atoms with E-state index >= 15 is 0 Å². The maximum atomic E-state index is 13.4. The van der Waals surface area contributed by atoms with E-state index in [0.29, 0.717) is 5.56 Å². The van der Waals surface area contributed by atoms with Crippen molar-refractivity contribution in [1.29, 1.82) is 0 Å². The standard InChI is InChI=1S/C29H24N2O2/c30-27(33)29(31-26(32)22-15-7-2-8-16-22)25(21-13-5-1-6-14-21)28(29,23-17-9-3-10-18-23)24-19-11-4-12-20-24/h1-20,25H,(H2,30,33)(H,31,32)/t25-,29+/m1/s1. The van der Waals surface area contributed by atoms with Gasteiger partial charge in [0.2, 0.25) is 5.91 Å². The number of nitrogens with one attached hydrogen (secondary N) is 1. The zero-order chi connectivity index (χ0) is 22.9. The van der Waals surface area contributed by atoms with Crippen LogP contribution in [0.4, 0.5) is 0 Å². The molecule has 2 atom stereocenters. The highest BCUT2D eigenvalue weighted by molar-refractivity contribution is 6.05. The van der Waals surface area contributed by atoms with Gasteiger partial charge in [-0.05, 0) is 28.8 Å². The minimum Gasteiger partial charge on any atom is -0.368 e. The molecule has 4 nitrogen and oxygen atoms in total. The number of carbonyl (C=O) groups excluding carboxylic acids is 2. The molecule has 33 heavy (non-hydrogen) atoms. The van der Waals surface area contributed by atoms with Gasteiger partial charge in [0.1, 0.15) is 5.54 Å². The summed E-state index contributed by atoms with van der Waals surface area (Å²) in [6, 6.07) is 38.4. The molecule has 1 aliphatic rings. The summed E-state index contributed by atoms with van der Waals surface area (Å²) in [5, 5.41) is 3.11. The third-order valence-electron chi connectivity index (χ3n) is 6.73.